The fourth-order valence-electron chi connectivity index (χ4n) is 8.96. The Bertz CT molecular complexity index is 3320. The van der Waals surface area contributed by atoms with Crippen molar-refractivity contribution >= 4 is 33.4 Å². The van der Waals surface area contributed by atoms with Gasteiger partial charge in [0.25, 0.3) is 0 Å². The molecule has 1 nitrogen and oxygen atoms in total. The van der Waals surface area contributed by atoms with Gasteiger partial charge in [0, 0.05) is 16.9 Å². The van der Waals surface area contributed by atoms with Crippen LogP contribution in [0.2, 0.25) is 0 Å². The molecule has 0 radical (unpaired) electrons. The van der Waals surface area contributed by atoms with Crippen molar-refractivity contribution in [2.45, 2.75) is 6.92 Å². The third-order valence-electron chi connectivity index (χ3n) is 12.4. The number of anilines is 3. The van der Waals surface area contributed by atoms with Crippen LogP contribution in [0.5, 0.6) is 0 Å². The van der Waals surface area contributed by atoms with Crippen molar-refractivity contribution in [1.29, 1.82) is 0 Å². The largest absolute Gasteiger partial charge is 0.310 e. The van der Waals surface area contributed by atoms with E-state index in [9.17, 15) is 0 Å². The summed E-state index contributed by atoms with van der Waals surface area (Å²) in [6.45, 7) is 6.30. The minimum Gasteiger partial charge on any atom is -0.310 e. The predicted octanol–water partition coefficient (Wildman–Crippen LogP) is 18.5. The number of fused-ring (bicyclic) bond motifs is 1. The maximum absolute atomic E-state index is 4.28. The first-order chi connectivity index (χ1) is 32.6. The summed E-state index contributed by atoms with van der Waals surface area (Å²) in [4.78, 5) is 2.42. The summed E-state index contributed by atoms with van der Waals surface area (Å²) >= 11 is 0. The lowest BCUT2D eigenvalue weighted by Crippen LogP contribution is -2.11. The van der Waals surface area contributed by atoms with E-state index in [0.717, 1.165) is 61.6 Å². The molecule has 0 saturated carbocycles. The summed E-state index contributed by atoms with van der Waals surface area (Å²) in [5.74, 6) is 0. The van der Waals surface area contributed by atoms with E-state index in [0.29, 0.717) is 0 Å². The molecule has 1 heteroatoms. The number of hydrogen-bond acceptors (Lipinski definition) is 1. The molecule has 0 aromatic heterocycles. The fraction of sp³-hybridized carbons (Fsp3) is 0.0154. The van der Waals surface area contributed by atoms with Gasteiger partial charge in [-0.3, -0.25) is 0 Å². The molecule has 0 unspecified atom stereocenters. The summed E-state index contributed by atoms with van der Waals surface area (Å²) in [7, 11) is 0. The van der Waals surface area contributed by atoms with Gasteiger partial charge in [-0.25, -0.2) is 0 Å². The minimum atomic E-state index is 0.984. The second-order valence-electron chi connectivity index (χ2n) is 16.5. The van der Waals surface area contributed by atoms with Crippen molar-refractivity contribution in [1.82, 2.24) is 0 Å². The highest BCUT2D eigenvalue weighted by Gasteiger charge is 2.20. The third kappa shape index (κ3) is 8.71. The van der Waals surface area contributed by atoms with Crippen molar-refractivity contribution in [3.63, 3.8) is 0 Å². The van der Waals surface area contributed by atoms with E-state index in [1.54, 1.807) is 0 Å². The lowest BCUT2D eigenvalue weighted by atomic mass is 9.91. The monoisotopic (exact) mass is 843 g/mol. The van der Waals surface area contributed by atoms with Crippen LogP contribution in [0.25, 0.3) is 83.1 Å². The first-order valence-electron chi connectivity index (χ1n) is 22.6. The van der Waals surface area contributed by atoms with Crippen LogP contribution in [0.4, 0.5) is 17.1 Å². The van der Waals surface area contributed by atoms with Gasteiger partial charge in [-0.1, -0.05) is 237 Å². The molecular weight excluding hydrogens is 795 g/mol. The van der Waals surface area contributed by atoms with Crippen LogP contribution in [0.1, 0.15) is 12.5 Å². The molecule has 10 rings (SSSR count). The lowest BCUT2D eigenvalue weighted by Gasteiger charge is -2.29. The second kappa shape index (κ2) is 19.1. The average Bonchev–Trinajstić information content (AvgIpc) is 3.39. The Labute approximate surface area is 389 Å². The summed E-state index contributed by atoms with van der Waals surface area (Å²) in [6, 6.07) is 87.9. The zero-order valence-electron chi connectivity index (χ0n) is 37.1. The van der Waals surface area contributed by atoms with Gasteiger partial charge in [0.15, 0.2) is 0 Å². The van der Waals surface area contributed by atoms with Gasteiger partial charge in [-0.2, -0.15) is 0 Å². The molecule has 314 valence electrons. The van der Waals surface area contributed by atoms with E-state index >= 15 is 0 Å². The molecular formula is C65H49N. The summed E-state index contributed by atoms with van der Waals surface area (Å²) in [5.41, 5.74) is 19.4. The van der Waals surface area contributed by atoms with Gasteiger partial charge >= 0.3 is 0 Å². The van der Waals surface area contributed by atoms with Crippen molar-refractivity contribution < 1.29 is 0 Å². The highest BCUT2D eigenvalue weighted by Crippen LogP contribution is 2.45. The van der Waals surface area contributed by atoms with Gasteiger partial charge in [0.05, 0.1) is 5.69 Å². The van der Waals surface area contributed by atoms with Gasteiger partial charge in [-0.15, -0.1) is 0 Å². The highest BCUT2D eigenvalue weighted by molar-refractivity contribution is 5.99. The van der Waals surface area contributed by atoms with Crippen LogP contribution in [-0.4, -0.2) is 0 Å². The number of benzene rings is 10. The maximum atomic E-state index is 4.28. The Morgan fingerprint density at radius 1 is 0.364 bits per heavy atom. The van der Waals surface area contributed by atoms with Crippen molar-refractivity contribution in [3.05, 3.63) is 279 Å². The van der Waals surface area contributed by atoms with Crippen molar-refractivity contribution in [2.24, 2.45) is 0 Å². The first kappa shape index (κ1) is 41.5. The quantitative estimate of drug-likeness (QED) is 0.111. The fourth-order valence-corrected chi connectivity index (χ4v) is 8.96. The highest BCUT2D eigenvalue weighted by atomic mass is 15.1. The maximum Gasteiger partial charge on any atom is 0.0546 e. The number of nitrogens with zero attached hydrogens (tertiary/aromatic N) is 1. The Morgan fingerprint density at radius 3 is 1.47 bits per heavy atom. The van der Waals surface area contributed by atoms with Crippen LogP contribution in [0.15, 0.2) is 274 Å². The molecule has 0 fully saturated rings. The van der Waals surface area contributed by atoms with Crippen LogP contribution in [-0.2, 0) is 0 Å². The van der Waals surface area contributed by atoms with Crippen LogP contribution in [0.3, 0.4) is 0 Å². The Hall–Kier alpha value is -8.52. The Kier molecular flexibility index (Phi) is 12.0. The molecule has 0 N–H and O–H groups in total. The Balaban J connectivity index is 1.10. The number of hydrogen-bond donors (Lipinski definition) is 0. The van der Waals surface area contributed by atoms with Crippen LogP contribution >= 0.6 is 0 Å². The van der Waals surface area contributed by atoms with E-state index in [-0.39, 0.29) is 0 Å². The molecule has 0 aliphatic carbocycles. The molecule has 0 heterocycles. The molecule has 0 spiro atoms. The predicted molar refractivity (Wildman–Crippen MR) is 284 cm³/mol. The van der Waals surface area contributed by atoms with Crippen LogP contribution < -0.4 is 4.90 Å². The van der Waals surface area contributed by atoms with Crippen molar-refractivity contribution in [2.75, 3.05) is 4.90 Å². The molecule has 0 bridgehead atoms. The topological polar surface area (TPSA) is 3.24 Å². The lowest BCUT2D eigenvalue weighted by molar-refractivity contribution is 1.28. The van der Waals surface area contributed by atoms with E-state index < -0.39 is 0 Å². The zero-order chi connectivity index (χ0) is 44.7. The van der Waals surface area contributed by atoms with Gasteiger partial charge in [0.1, 0.15) is 0 Å². The molecule has 0 aliphatic heterocycles. The number of rotatable bonds is 12. The summed E-state index contributed by atoms with van der Waals surface area (Å²) in [5, 5.41) is 2.46. The van der Waals surface area contributed by atoms with Gasteiger partial charge in [0.2, 0.25) is 0 Å². The number of allylic oxidation sites excluding steroid dienone is 5. The minimum absolute atomic E-state index is 0.984. The van der Waals surface area contributed by atoms with Crippen LogP contribution in [0, 0.1) is 0 Å². The molecule has 10 aromatic carbocycles. The standard InChI is InChI=1S/C65H49N/c1-3-4-8-18-47(2)48-29-31-49(32-30-48)50-33-39-58(40-34-50)66(65-46-57(38-44-63(65)54-21-11-6-12-22-54)61-28-17-26-53-25-15-16-27-60(53)61)59-41-35-51(36-42-59)56-37-43-62(52-19-9-5-10-20-52)64(45-56)55-23-13-7-14-24-55/h3-46H,2H2,1H3/b4-3-,18-8-. The summed E-state index contributed by atoms with van der Waals surface area (Å²) in [6.07, 6.45) is 8.12. The Morgan fingerprint density at radius 2 is 0.848 bits per heavy atom. The molecule has 0 aliphatic rings. The van der Waals surface area contributed by atoms with Gasteiger partial charge in [-0.05, 0) is 126 Å². The molecule has 10 aromatic rings. The first-order valence-corrected chi connectivity index (χ1v) is 22.6. The molecule has 0 saturated heterocycles. The van der Waals surface area contributed by atoms with E-state index in [2.05, 4.69) is 254 Å². The molecule has 66 heavy (non-hydrogen) atoms. The van der Waals surface area contributed by atoms with E-state index in [4.69, 9.17) is 0 Å². The SMILES string of the molecule is C=C(/C=C\C=C/C)c1ccc(-c2ccc(N(c3ccc(-c4ccc(-c5ccccc5)c(-c5ccccc5)c4)cc3)c3cc(-c4cccc5ccccc45)ccc3-c3ccccc3)cc2)cc1. The molecule has 0 amide bonds. The zero-order valence-corrected chi connectivity index (χ0v) is 37.1. The van der Waals surface area contributed by atoms with E-state index in [1.807, 2.05) is 31.2 Å². The third-order valence-corrected chi connectivity index (χ3v) is 12.4. The second-order valence-corrected chi connectivity index (χ2v) is 16.5. The molecule has 0 atom stereocenters. The van der Waals surface area contributed by atoms with E-state index in [1.165, 1.54) is 44.2 Å². The average molecular weight is 844 g/mol. The summed E-state index contributed by atoms with van der Waals surface area (Å²) < 4.78 is 0. The normalized spacial score (nSPS) is 11.3. The smallest absolute Gasteiger partial charge is 0.0546 e. The van der Waals surface area contributed by atoms with Crippen molar-refractivity contribution in [3.8, 4) is 66.8 Å². The van der Waals surface area contributed by atoms with Gasteiger partial charge < -0.3 is 4.90 Å².